The van der Waals surface area contributed by atoms with Crippen molar-refractivity contribution in [2.24, 2.45) is 0 Å². The van der Waals surface area contributed by atoms with Crippen LogP contribution in [0.4, 0.5) is 0 Å². The van der Waals surface area contributed by atoms with Crippen LogP contribution in [0.2, 0.25) is 0 Å². The van der Waals surface area contributed by atoms with E-state index < -0.39 is 0 Å². The molecule has 1 unspecified atom stereocenters. The van der Waals surface area contributed by atoms with Gasteiger partial charge in [0.2, 0.25) is 0 Å². The topological polar surface area (TPSA) is 51.2 Å². The van der Waals surface area contributed by atoms with E-state index in [2.05, 4.69) is 45.6 Å². The summed E-state index contributed by atoms with van der Waals surface area (Å²) in [6.07, 6.45) is 1.68. The van der Waals surface area contributed by atoms with Gasteiger partial charge in [-0.1, -0.05) is 12.1 Å². The van der Waals surface area contributed by atoms with E-state index in [0.717, 1.165) is 49.3 Å². The number of ether oxygens (including phenoxy) is 1. The molecule has 2 aliphatic rings. The predicted molar refractivity (Wildman–Crippen MR) is 104 cm³/mol. The molecule has 1 atom stereocenters. The maximum Gasteiger partial charge on any atom is 0.495 e. The summed E-state index contributed by atoms with van der Waals surface area (Å²) in [4.78, 5) is 2.29. The average Bonchev–Trinajstić information content (AvgIpc) is 3.05. The molecule has 1 N–H and O–H groups in total. The lowest BCUT2D eigenvalue weighted by molar-refractivity contribution is 0.00578. The highest BCUT2D eigenvalue weighted by atomic mass is 16.7. The van der Waals surface area contributed by atoms with Crippen molar-refractivity contribution >= 4 is 12.6 Å². The van der Waals surface area contributed by atoms with Crippen molar-refractivity contribution < 1.29 is 19.2 Å². The number of β-amino-alcohol motifs (C(OH)–C–C–N with tert-alkyl or cyclic N) is 1. The standard InChI is InChI=1S/C20H32BNO4/c1-15-17(21-25-19(2,3)20(4,5)26-21)8-6-9-18(15)24-13-7-11-22-12-10-16(23)14-22/h6,8-9,16,23H,7,10-14H2,1-5H3. The van der Waals surface area contributed by atoms with Crippen LogP contribution in [-0.2, 0) is 9.31 Å². The molecular formula is C20H32BNO4. The van der Waals surface area contributed by atoms with Gasteiger partial charge in [-0.15, -0.1) is 0 Å². The number of benzene rings is 1. The number of aliphatic hydroxyl groups excluding tert-OH is 1. The maximum absolute atomic E-state index is 9.58. The van der Waals surface area contributed by atoms with Gasteiger partial charge in [0.1, 0.15) is 5.75 Å². The maximum atomic E-state index is 9.58. The van der Waals surface area contributed by atoms with E-state index in [1.54, 1.807) is 0 Å². The lowest BCUT2D eigenvalue weighted by Crippen LogP contribution is -2.41. The largest absolute Gasteiger partial charge is 0.495 e. The monoisotopic (exact) mass is 361 g/mol. The van der Waals surface area contributed by atoms with Crippen molar-refractivity contribution in [3.05, 3.63) is 23.8 Å². The van der Waals surface area contributed by atoms with Crippen LogP contribution in [0.15, 0.2) is 18.2 Å². The van der Waals surface area contributed by atoms with Crippen LogP contribution in [0.5, 0.6) is 5.75 Å². The number of aliphatic hydroxyl groups is 1. The molecule has 0 aromatic heterocycles. The smallest absolute Gasteiger partial charge is 0.493 e. The molecule has 5 nitrogen and oxygen atoms in total. The normalized spacial score (nSPS) is 25.0. The first-order valence-corrected chi connectivity index (χ1v) is 9.68. The fraction of sp³-hybridized carbons (Fsp3) is 0.700. The van der Waals surface area contributed by atoms with E-state index in [-0.39, 0.29) is 24.4 Å². The molecule has 1 aromatic carbocycles. The van der Waals surface area contributed by atoms with Gasteiger partial charge >= 0.3 is 7.12 Å². The van der Waals surface area contributed by atoms with Gasteiger partial charge in [-0.3, -0.25) is 0 Å². The second-order valence-electron chi connectivity index (χ2n) is 8.50. The van der Waals surface area contributed by atoms with Crippen LogP contribution in [-0.4, -0.2) is 60.7 Å². The Morgan fingerprint density at radius 2 is 1.92 bits per heavy atom. The molecule has 0 saturated carbocycles. The van der Waals surface area contributed by atoms with Gasteiger partial charge in [0.15, 0.2) is 0 Å². The fourth-order valence-electron chi connectivity index (χ4n) is 3.50. The van der Waals surface area contributed by atoms with Crippen molar-refractivity contribution in [1.82, 2.24) is 4.90 Å². The number of hydrogen-bond donors (Lipinski definition) is 1. The highest BCUT2D eigenvalue weighted by Crippen LogP contribution is 2.37. The van der Waals surface area contributed by atoms with Crippen LogP contribution in [0.3, 0.4) is 0 Å². The zero-order chi connectivity index (χ0) is 18.9. The summed E-state index contributed by atoms with van der Waals surface area (Å²) in [6, 6.07) is 6.05. The van der Waals surface area contributed by atoms with Gasteiger partial charge in [0.05, 0.1) is 23.9 Å². The molecule has 6 heteroatoms. The molecule has 3 rings (SSSR count). The molecule has 2 saturated heterocycles. The molecule has 1 aromatic rings. The van der Waals surface area contributed by atoms with Crippen LogP contribution >= 0.6 is 0 Å². The Morgan fingerprint density at radius 1 is 1.23 bits per heavy atom. The minimum atomic E-state index is -0.366. The summed E-state index contributed by atoms with van der Waals surface area (Å²) in [5.41, 5.74) is 1.41. The molecule has 2 heterocycles. The van der Waals surface area contributed by atoms with Crippen LogP contribution < -0.4 is 10.2 Å². The average molecular weight is 361 g/mol. The molecule has 2 fully saturated rings. The number of hydrogen-bond acceptors (Lipinski definition) is 5. The molecule has 144 valence electrons. The molecule has 0 bridgehead atoms. The van der Waals surface area contributed by atoms with Gasteiger partial charge < -0.3 is 24.1 Å². The Kier molecular flexibility index (Phi) is 5.68. The minimum absolute atomic E-state index is 0.158. The number of nitrogens with zero attached hydrogens (tertiary/aromatic N) is 1. The van der Waals surface area contributed by atoms with Gasteiger partial charge in [0.25, 0.3) is 0 Å². The molecule has 0 radical (unpaired) electrons. The molecule has 0 spiro atoms. The van der Waals surface area contributed by atoms with E-state index in [1.807, 2.05) is 12.1 Å². The van der Waals surface area contributed by atoms with Crippen LogP contribution in [0, 0.1) is 6.92 Å². The third-order valence-corrected chi connectivity index (χ3v) is 5.96. The molecule has 0 amide bonds. The fourth-order valence-corrected chi connectivity index (χ4v) is 3.50. The lowest BCUT2D eigenvalue weighted by atomic mass is 9.76. The summed E-state index contributed by atoms with van der Waals surface area (Å²) in [6.45, 7) is 13.7. The van der Waals surface area contributed by atoms with E-state index in [4.69, 9.17) is 14.0 Å². The van der Waals surface area contributed by atoms with Crippen LogP contribution in [0.25, 0.3) is 0 Å². The Morgan fingerprint density at radius 3 is 2.54 bits per heavy atom. The summed E-state index contributed by atoms with van der Waals surface area (Å²) in [7, 11) is -0.366. The minimum Gasteiger partial charge on any atom is -0.493 e. The first kappa shape index (κ1) is 19.7. The summed E-state index contributed by atoms with van der Waals surface area (Å²) in [5, 5.41) is 9.58. The summed E-state index contributed by atoms with van der Waals surface area (Å²) < 4.78 is 18.4. The Hall–Kier alpha value is -1.08. The Labute approximate surface area is 157 Å². The van der Waals surface area contributed by atoms with Crippen molar-refractivity contribution in [3.8, 4) is 5.75 Å². The Bertz CT molecular complexity index is 618. The van der Waals surface area contributed by atoms with Gasteiger partial charge in [-0.05, 0) is 64.6 Å². The zero-order valence-electron chi connectivity index (χ0n) is 16.7. The third-order valence-electron chi connectivity index (χ3n) is 5.96. The number of rotatable bonds is 6. The van der Waals surface area contributed by atoms with Crippen molar-refractivity contribution in [2.75, 3.05) is 26.2 Å². The van der Waals surface area contributed by atoms with E-state index in [9.17, 15) is 5.11 Å². The summed E-state index contributed by atoms with van der Waals surface area (Å²) >= 11 is 0. The van der Waals surface area contributed by atoms with Crippen molar-refractivity contribution in [3.63, 3.8) is 0 Å². The lowest BCUT2D eigenvalue weighted by Gasteiger charge is -2.32. The predicted octanol–water partition coefficient (Wildman–Crippen LogP) is 2.13. The van der Waals surface area contributed by atoms with E-state index in [0.29, 0.717) is 6.61 Å². The van der Waals surface area contributed by atoms with Gasteiger partial charge in [-0.25, -0.2) is 0 Å². The zero-order valence-corrected chi connectivity index (χ0v) is 16.7. The van der Waals surface area contributed by atoms with Crippen LogP contribution in [0.1, 0.15) is 46.1 Å². The highest BCUT2D eigenvalue weighted by Gasteiger charge is 2.52. The SMILES string of the molecule is Cc1c(OCCCN2CCC(O)C2)cccc1B1OC(C)(C)C(C)(C)O1. The van der Waals surface area contributed by atoms with Gasteiger partial charge in [-0.2, -0.15) is 0 Å². The quantitative estimate of drug-likeness (QED) is 0.622. The second-order valence-corrected chi connectivity index (χ2v) is 8.50. The third kappa shape index (κ3) is 4.09. The van der Waals surface area contributed by atoms with Crippen molar-refractivity contribution in [2.45, 2.75) is 64.8 Å². The Balaban J connectivity index is 1.58. The highest BCUT2D eigenvalue weighted by molar-refractivity contribution is 6.62. The molecule has 2 aliphatic heterocycles. The van der Waals surface area contributed by atoms with E-state index >= 15 is 0 Å². The summed E-state index contributed by atoms with van der Waals surface area (Å²) in [5.74, 6) is 0.888. The first-order valence-electron chi connectivity index (χ1n) is 9.68. The molecule has 26 heavy (non-hydrogen) atoms. The second kappa shape index (κ2) is 7.51. The number of likely N-dealkylation sites (tertiary alicyclic amines) is 1. The van der Waals surface area contributed by atoms with Crippen molar-refractivity contribution in [1.29, 1.82) is 0 Å². The first-order chi connectivity index (χ1) is 12.2. The molecule has 0 aliphatic carbocycles. The van der Waals surface area contributed by atoms with Gasteiger partial charge in [0, 0.05) is 19.6 Å². The van der Waals surface area contributed by atoms with E-state index in [1.165, 1.54) is 0 Å². The molecular weight excluding hydrogens is 329 g/mol.